The molecule has 0 unspecified atom stereocenters. The molecule has 3 heteroatoms. The summed E-state index contributed by atoms with van der Waals surface area (Å²) >= 11 is 0. The third-order valence-electron chi connectivity index (χ3n) is 2.37. The number of ketones is 1. The molecule has 0 saturated heterocycles. The summed E-state index contributed by atoms with van der Waals surface area (Å²) in [6, 6.07) is 8.80. The SMILES string of the molecule is CC(C)CCOC(=O)C=CC(=O)c1ccccc1. The standard InChI is InChI=1S/C15H18O3/c1-12(2)10-11-18-15(17)9-8-14(16)13-6-4-3-5-7-13/h3-9,12H,10-11H2,1-2H3. The number of rotatable bonds is 6. The van der Waals surface area contributed by atoms with Crippen LogP contribution in [0.3, 0.4) is 0 Å². The topological polar surface area (TPSA) is 43.4 Å². The van der Waals surface area contributed by atoms with E-state index in [0.29, 0.717) is 18.1 Å². The highest BCUT2D eigenvalue weighted by atomic mass is 16.5. The Morgan fingerprint density at radius 2 is 1.83 bits per heavy atom. The zero-order valence-corrected chi connectivity index (χ0v) is 10.8. The average molecular weight is 246 g/mol. The van der Waals surface area contributed by atoms with Crippen molar-refractivity contribution in [2.75, 3.05) is 6.61 Å². The van der Waals surface area contributed by atoms with E-state index in [1.165, 1.54) is 12.2 Å². The number of allylic oxidation sites excluding steroid dienone is 1. The van der Waals surface area contributed by atoms with Crippen LogP contribution in [0.4, 0.5) is 0 Å². The Hall–Kier alpha value is -1.90. The summed E-state index contributed by atoms with van der Waals surface area (Å²) < 4.78 is 4.96. The van der Waals surface area contributed by atoms with E-state index >= 15 is 0 Å². The molecule has 0 aliphatic heterocycles. The number of benzene rings is 1. The van der Waals surface area contributed by atoms with E-state index < -0.39 is 5.97 Å². The van der Waals surface area contributed by atoms with Crippen LogP contribution >= 0.6 is 0 Å². The Labute approximate surface area is 107 Å². The Bertz CT molecular complexity index is 419. The van der Waals surface area contributed by atoms with Crippen LogP contribution in [0, 0.1) is 5.92 Å². The Morgan fingerprint density at radius 1 is 1.17 bits per heavy atom. The minimum absolute atomic E-state index is 0.198. The Morgan fingerprint density at radius 3 is 2.44 bits per heavy atom. The molecule has 0 aromatic heterocycles. The smallest absolute Gasteiger partial charge is 0.330 e. The summed E-state index contributed by atoms with van der Waals surface area (Å²) in [6.07, 6.45) is 3.24. The summed E-state index contributed by atoms with van der Waals surface area (Å²) in [5.74, 6) is -0.177. The van der Waals surface area contributed by atoms with Gasteiger partial charge in [-0.25, -0.2) is 4.79 Å². The van der Waals surface area contributed by atoms with Crippen LogP contribution in [0.2, 0.25) is 0 Å². The third kappa shape index (κ3) is 5.43. The number of esters is 1. The van der Waals surface area contributed by atoms with E-state index in [1.54, 1.807) is 24.3 Å². The van der Waals surface area contributed by atoms with Gasteiger partial charge in [-0.05, 0) is 18.4 Å². The van der Waals surface area contributed by atoms with Crippen LogP contribution in [-0.2, 0) is 9.53 Å². The van der Waals surface area contributed by atoms with Gasteiger partial charge in [0.25, 0.3) is 0 Å². The molecular formula is C15H18O3. The van der Waals surface area contributed by atoms with Crippen molar-refractivity contribution in [3.05, 3.63) is 48.0 Å². The molecule has 3 nitrogen and oxygen atoms in total. The van der Waals surface area contributed by atoms with Gasteiger partial charge >= 0.3 is 5.97 Å². The molecule has 0 atom stereocenters. The average Bonchev–Trinajstić information content (AvgIpc) is 2.36. The molecule has 0 N–H and O–H groups in total. The van der Waals surface area contributed by atoms with Gasteiger partial charge in [-0.1, -0.05) is 44.2 Å². The van der Waals surface area contributed by atoms with Gasteiger partial charge in [0, 0.05) is 11.6 Å². The number of ether oxygens (including phenoxy) is 1. The van der Waals surface area contributed by atoms with E-state index in [0.717, 1.165) is 6.42 Å². The molecule has 0 heterocycles. The van der Waals surface area contributed by atoms with E-state index in [9.17, 15) is 9.59 Å². The normalized spacial score (nSPS) is 10.8. The van der Waals surface area contributed by atoms with Crippen LogP contribution in [0.1, 0.15) is 30.6 Å². The van der Waals surface area contributed by atoms with E-state index in [-0.39, 0.29) is 5.78 Å². The lowest BCUT2D eigenvalue weighted by Crippen LogP contribution is -2.05. The molecule has 1 rings (SSSR count). The van der Waals surface area contributed by atoms with Crippen LogP contribution in [0.25, 0.3) is 0 Å². The summed E-state index contributed by atoms with van der Waals surface area (Å²) in [6.45, 7) is 4.51. The predicted molar refractivity (Wildman–Crippen MR) is 70.3 cm³/mol. The quantitative estimate of drug-likeness (QED) is 0.440. The molecule has 0 spiro atoms. The molecule has 0 aliphatic rings. The fourth-order valence-corrected chi connectivity index (χ4v) is 1.29. The fourth-order valence-electron chi connectivity index (χ4n) is 1.29. The maximum absolute atomic E-state index is 11.6. The van der Waals surface area contributed by atoms with Gasteiger partial charge in [0.2, 0.25) is 0 Å². The van der Waals surface area contributed by atoms with Crippen molar-refractivity contribution in [3.63, 3.8) is 0 Å². The van der Waals surface area contributed by atoms with Gasteiger partial charge in [0.15, 0.2) is 5.78 Å². The highest BCUT2D eigenvalue weighted by Gasteiger charge is 2.03. The second-order valence-electron chi connectivity index (χ2n) is 4.41. The number of carbonyl (C=O) groups is 2. The molecule has 0 bridgehead atoms. The second kappa shape index (κ2) is 7.43. The first-order chi connectivity index (χ1) is 8.59. The largest absolute Gasteiger partial charge is 0.463 e. The number of carbonyl (C=O) groups excluding carboxylic acids is 2. The van der Waals surface area contributed by atoms with Crippen molar-refractivity contribution in [1.29, 1.82) is 0 Å². The summed E-state index contributed by atoms with van der Waals surface area (Å²) in [4.78, 5) is 22.9. The van der Waals surface area contributed by atoms with Crippen LogP contribution in [0.5, 0.6) is 0 Å². The number of hydrogen-bond acceptors (Lipinski definition) is 3. The molecule has 0 radical (unpaired) electrons. The van der Waals surface area contributed by atoms with Crippen molar-refractivity contribution in [2.45, 2.75) is 20.3 Å². The molecule has 96 valence electrons. The lowest BCUT2D eigenvalue weighted by Gasteiger charge is -2.03. The highest BCUT2D eigenvalue weighted by molar-refractivity contribution is 6.06. The van der Waals surface area contributed by atoms with Crippen molar-refractivity contribution in [3.8, 4) is 0 Å². The summed E-state index contributed by atoms with van der Waals surface area (Å²) in [7, 11) is 0. The molecule has 0 amide bonds. The maximum Gasteiger partial charge on any atom is 0.330 e. The first-order valence-electron chi connectivity index (χ1n) is 6.04. The maximum atomic E-state index is 11.6. The predicted octanol–water partition coefficient (Wildman–Crippen LogP) is 3.01. The van der Waals surface area contributed by atoms with Crippen LogP contribution in [0.15, 0.2) is 42.5 Å². The lowest BCUT2D eigenvalue weighted by molar-refractivity contribution is -0.138. The molecule has 0 fully saturated rings. The van der Waals surface area contributed by atoms with E-state index in [1.807, 2.05) is 6.07 Å². The van der Waals surface area contributed by atoms with E-state index in [2.05, 4.69) is 13.8 Å². The van der Waals surface area contributed by atoms with Gasteiger partial charge in [0.1, 0.15) is 0 Å². The Balaban J connectivity index is 2.40. The van der Waals surface area contributed by atoms with Crippen molar-refractivity contribution in [1.82, 2.24) is 0 Å². The second-order valence-corrected chi connectivity index (χ2v) is 4.41. The molecular weight excluding hydrogens is 228 g/mol. The summed E-state index contributed by atoms with van der Waals surface area (Å²) in [5.41, 5.74) is 0.559. The van der Waals surface area contributed by atoms with Gasteiger partial charge < -0.3 is 4.74 Å². The number of hydrogen-bond donors (Lipinski definition) is 0. The van der Waals surface area contributed by atoms with Gasteiger partial charge in [-0.15, -0.1) is 0 Å². The van der Waals surface area contributed by atoms with Gasteiger partial charge in [0.05, 0.1) is 6.61 Å². The minimum Gasteiger partial charge on any atom is -0.463 e. The zero-order valence-electron chi connectivity index (χ0n) is 10.8. The minimum atomic E-state index is -0.472. The molecule has 1 aromatic rings. The van der Waals surface area contributed by atoms with Gasteiger partial charge in [-0.3, -0.25) is 4.79 Å². The first-order valence-corrected chi connectivity index (χ1v) is 6.04. The molecule has 0 saturated carbocycles. The van der Waals surface area contributed by atoms with E-state index in [4.69, 9.17) is 4.74 Å². The van der Waals surface area contributed by atoms with Crippen LogP contribution in [-0.4, -0.2) is 18.4 Å². The van der Waals surface area contributed by atoms with Gasteiger partial charge in [-0.2, -0.15) is 0 Å². The molecule has 0 aliphatic carbocycles. The first kappa shape index (κ1) is 14.2. The third-order valence-corrected chi connectivity index (χ3v) is 2.37. The van der Waals surface area contributed by atoms with Crippen molar-refractivity contribution >= 4 is 11.8 Å². The zero-order chi connectivity index (χ0) is 13.4. The molecule has 1 aromatic carbocycles. The molecule has 18 heavy (non-hydrogen) atoms. The summed E-state index contributed by atoms with van der Waals surface area (Å²) in [5, 5.41) is 0. The van der Waals surface area contributed by atoms with Crippen LogP contribution < -0.4 is 0 Å². The Kier molecular flexibility index (Phi) is 5.85. The monoisotopic (exact) mass is 246 g/mol. The fraction of sp³-hybridized carbons (Fsp3) is 0.333. The van der Waals surface area contributed by atoms with Crippen molar-refractivity contribution < 1.29 is 14.3 Å². The lowest BCUT2D eigenvalue weighted by atomic mass is 10.1. The highest BCUT2D eigenvalue weighted by Crippen LogP contribution is 2.02. The van der Waals surface area contributed by atoms with Crippen molar-refractivity contribution in [2.24, 2.45) is 5.92 Å².